The number of rotatable bonds is 7. The van der Waals surface area contributed by atoms with E-state index in [1.54, 1.807) is 6.08 Å². The summed E-state index contributed by atoms with van der Waals surface area (Å²) in [6.45, 7) is 3.65. The van der Waals surface area contributed by atoms with Crippen molar-refractivity contribution in [3.8, 4) is 0 Å². The summed E-state index contributed by atoms with van der Waals surface area (Å²) in [5.74, 6) is -1.81. The number of halogens is 1. The Hall–Kier alpha value is -1.02. The Labute approximate surface area is 123 Å². The van der Waals surface area contributed by atoms with Crippen molar-refractivity contribution >= 4 is 25.6 Å². The van der Waals surface area contributed by atoms with Crippen molar-refractivity contribution in [3.63, 3.8) is 0 Å². The highest BCUT2D eigenvalue weighted by Gasteiger charge is 2.40. The van der Waals surface area contributed by atoms with E-state index in [-0.39, 0.29) is 12.4 Å². The molecule has 0 aromatic carbocycles. The maximum atomic E-state index is 11.2. The third kappa shape index (κ3) is 4.24. The van der Waals surface area contributed by atoms with E-state index in [9.17, 15) is 15.0 Å². The molecule has 20 heavy (non-hydrogen) atoms. The van der Waals surface area contributed by atoms with Gasteiger partial charge in [-0.2, -0.15) is 0 Å². The minimum absolute atomic E-state index is 0.109. The molecule has 0 amide bonds. The van der Waals surface area contributed by atoms with Gasteiger partial charge < -0.3 is 24.8 Å². The zero-order valence-electron chi connectivity index (χ0n) is 11.4. The van der Waals surface area contributed by atoms with Crippen molar-refractivity contribution < 1.29 is 29.6 Å². The fourth-order valence-corrected chi connectivity index (χ4v) is 2.60. The van der Waals surface area contributed by atoms with Crippen LogP contribution in [0.5, 0.6) is 0 Å². The number of carbonyl (C=O) groups is 1. The predicted molar refractivity (Wildman–Crippen MR) is 75.9 cm³/mol. The van der Waals surface area contributed by atoms with E-state index in [1.165, 1.54) is 0 Å². The van der Waals surface area contributed by atoms with Gasteiger partial charge in [0.05, 0.1) is 14.7 Å². The SMILES string of the molecule is C[Si](C)(/C=C/COC1=C(O)C(=O)O[C@@H]1[C@@H](O)CO)CCl. The zero-order valence-corrected chi connectivity index (χ0v) is 13.1. The zero-order chi connectivity index (χ0) is 15.3. The molecule has 0 spiro atoms. The molecular weight excluding hydrogens is 304 g/mol. The number of alkyl halides is 1. The summed E-state index contributed by atoms with van der Waals surface area (Å²) in [4.78, 5) is 11.2. The van der Waals surface area contributed by atoms with E-state index in [0.29, 0.717) is 5.50 Å². The number of hydrogen-bond acceptors (Lipinski definition) is 6. The Morgan fingerprint density at radius 3 is 2.75 bits per heavy atom. The van der Waals surface area contributed by atoms with Gasteiger partial charge in [0.25, 0.3) is 0 Å². The molecule has 0 bridgehead atoms. The van der Waals surface area contributed by atoms with Crippen molar-refractivity contribution in [2.75, 3.05) is 18.7 Å². The number of carbonyl (C=O) groups excluding carboxylic acids is 1. The van der Waals surface area contributed by atoms with Crippen LogP contribution in [0.3, 0.4) is 0 Å². The summed E-state index contributed by atoms with van der Waals surface area (Å²) >= 11 is 5.82. The van der Waals surface area contributed by atoms with Gasteiger partial charge in [0, 0.05) is 5.50 Å². The molecule has 1 aliphatic rings. The van der Waals surface area contributed by atoms with E-state index in [2.05, 4.69) is 13.1 Å². The van der Waals surface area contributed by atoms with Gasteiger partial charge in [-0.3, -0.25) is 0 Å². The highest BCUT2D eigenvalue weighted by atomic mass is 35.5. The van der Waals surface area contributed by atoms with Gasteiger partial charge >= 0.3 is 5.97 Å². The van der Waals surface area contributed by atoms with E-state index < -0.39 is 38.6 Å². The van der Waals surface area contributed by atoms with Gasteiger partial charge in [-0.15, -0.1) is 11.6 Å². The van der Waals surface area contributed by atoms with Crippen molar-refractivity contribution in [2.45, 2.75) is 25.3 Å². The number of aliphatic hydroxyl groups excluding tert-OH is 3. The number of hydrogen-bond donors (Lipinski definition) is 3. The average molecular weight is 323 g/mol. The summed E-state index contributed by atoms with van der Waals surface area (Å²) in [7, 11) is -1.59. The van der Waals surface area contributed by atoms with Crippen LogP contribution >= 0.6 is 11.6 Å². The second kappa shape index (κ2) is 7.12. The van der Waals surface area contributed by atoms with E-state index in [4.69, 9.17) is 26.2 Å². The van der Waals surface area contributed by atoms with Crippen LogP contribution in [-0.2, 0) is 14.3 Å². The largest absolute Gasteiger partial charge is 0.499 e. The first-order valence-electron chi connectivity index (χ1n) is 6.12. The van der Waals surface area contributed by atoms with E-state index in [0.717, 1.165) is 0 Å². The van der Waals surface area contributed by atoms with Crippen LogP contribution in [0.15, 0.2) is 23.3 Å². The summed E-state index contributed by atoms with van der Waals surface area (Å²) in [6, 6.07) is 0. The molecule has 0 fully saturated rings. The number of aliphatic hydroxyl groups is 3. The quantitative estimate of drug-likeness (QED) is 0.361. The standard InChI is InChI=1S/C12H19ClO6Si/c1-20(2,7-13)5-3-4-18-11-9(16)12(17)19-10(11)8(15)6-14/h3,5,8,10,14-16H,4,6-7H2,1-2H3/b5-3+/t8-,10+/m0/s1. The molecule has 0 unspecified atom stereocenters. The molecule has 114 valence electrons. The molecule has 0 saturated heterocycles. The first kappa shape index (κ1) is 17.0. The molecule has 1 rings (SSSR count). The second-order valence-corrected chi connectivity index (χ2v) is 10.5. The molecular formula is C12H19ClO6Si. The van der Waals surface area contributed by atoms with Gasteiger partial charge in [-0.1, -0.05) is 24.9 Å². The van der Waals surface area contributed by atoms with E-state index in [1.807, 2.05) is 5.70 Å². The summed E-state index contributed by atoms with van der Waals surface area (Å²) in [5.41, 5.74) is 2.55. The summed E-state index contributed by atoms with van der Waals surface area (Å²) in [6.07, 6.45) is -0.768. The fraction of sp³-hybridized carbons (Fsp3) is 0.583. The maximum absolute atomic E-state index is 11.2. The van der Waals surface area contributed by atoms with Crippen LogP contribution in [0.4, 0.5) is 0 Å². The first-order chi connectivity index (χ1) is 9.32. The molecule has 0 radical (unpaired) electrons. The van der Waals surface area contributed by atoms with E-state index >= 15 is 0 Å². The third-order valence-electron chi connectivity index (χ3n) is 2.70. The minimum atomic E-state index is -1.59. The molecule has 1 heterocycles. The minimum Gasteiger partial charge on any atom is -0.499 e. The summed E-state index contributed by atoms with van der Waals surface area (Å²) in [5, 5.41) is 27.9. The molecule has 0 saturated carbocycles. The van der Waals surface area contributed by atoms with Gasteiger partial charge in [0.15, 0.2) is 11.9 Å². The van der Waals surface area contributed by atoms with Gasteiger partial charge in [0.2, 0.25) is 5.76 Å². The van der Waals surface area contributed by atoms with Crippen molar-refractivity contribution in [3.05, 3.63) is 23.3 Å². The highest BCUT2D eigenvalue weighted by Crippen LogP contribution is 2.24. The molecule has 0 aromatic rings. The normalized spacial score (nSPS) is 21.4. The van der Waals surface area contributed by atoms with Crippen LogP contribution in [0.1, 0.15) is 0 Å². The Bertz CT molecular complexity index is 420. The molecule has 6 nitrogen and oxygen atoms in total. The highest BCUT2D eigenvalue weighted by molar-refractivity contribution is 6.87. The second-order valence-electron chi connectivity index (χ2n) is 5.12. The molecule has 3 N–H and O–H groups in total. The Balaban J connectivity index is 2.67. The van der Waals surface area contributed by atoms with Crippen molar-refractivity contribution in [1.82, 2.24) is 0 Å². The van der Waals surface area contributed by atoms with Gasteiger partial charge in [0.1, 0.15) is 12.7 Å². The number of cyclic esters (lactones) is 1. The molecule has 8 heteroatoms. The summed E-state index contributed by atoms with van der Waals surface area (Å²) < 4.78 is 9.99. The van der Waals surface area contributed by atoms with Crippen LogP contribution in [0.25, 0.3) is 0 Å². The van der Waals surface area contributed by atoms with Crippen LogP contribution in [0, 0.1) is 0 Å². The average Bonchev–Trinajstić information content (AvgIpc) is 2.70. The van der Waals surface area contributed by atoms with Gasteiger partial charge in [-0.05, 0) is 0 Å². The predicted octanol–water partition coefficient (Wildman–Crippen LogP) is 0.633. The molecule has 1 aliphatic heterocycles. The number of ether oxygens (including phenoxy) is 2. The molecule has 0 aromatic heterocycles. The first-order valence-corrected chi connectivity index (χ1v) is 9.94. The van der Waals surface area contributed by atoms with Crippen LogP contribution < -0.4 is 0 Å². The van der Waals surface area contributed by atoms with Crippen LogP contribution in [-0.4, -0.2) is 60.3 Å². The monoisotopic (exact) mass is 322 g/mol. The van der Waals surface area contributed by atoms with Gasteiger partial charge in [-0.25, -0.2) is 4.79 Å². The molecule has 0 aliphatic carbocycles. The lowest BCUT2D eigenvalue weighted by Gasteiger charge is -2.18. The topological polar surface area (TPSA) is 96.2 Å². The lowest BCUT2D eigenvalue weighted by atomic mass is 10.2. The Kier molecular flexibility index (Phi) is 6.06. The maximum Gasteiger partial charge on any atom is 0.378 e. The molecule has 2 atom stereocenters. The fourth-order valence-electron chi connectivity index (χ4n) is 1.51. The lowest BCUT2D eigenvalue weighted by molar-refractivity contribution is -0.148. The van der Waals surface area contributed by atoms with Crippen molar-refractivity contribution in [1.29, 1.82) is 0 Å². The smallest absolute Gasteiger partial charge is 0.378 e. The Morgan fingerprint density at radius 2 is 2.20 bits per heavy atom. The number of esters is 1. The van der Waals surface area contributed by atoms with Crippen LogP contribution in [0.2, 0.25) is 13.1 Å². The lowest BCUT2D eigenvalue weighted by Crippen LogP contribution is -2.32. The third-order valence-corrected chi connectivity index (χ3v) is 6.60. The van der Waals surface area contributed by atoms with Crippen molar-refractivity contribution in [2.24, 2.45) is 0 Å². The Morgan fingerprint density at radius 1 is 1.55 bits per heavy atom.